The monoisotopic (exact) mass is 141 g/mol. The van der Waals surface area contributed by atoms with Gasteiger partial charge in [0.05, 0.1) is 0 Å². The molecule has 0 saturated carbocycles. The van der Waals surface area contributed by atoms with Crippen LogP contribution in [-0.4, -0.2) is 4.98 Å². The minimum absolute atomic E-state index is 1.29. The lowest BCUT2D eigenvalue weighted by Crippen LogP contribution is -1.50. The molecule has 0 aliphatic rings. The molecule has 10 heavy (non-hydrogen) atoms. The lowest BCUT2D eigenvalue weighted by molar-refractivity contribution is 1.39. The molecule has 60 valence electrons. The summed E-state index contributed by atoms with van der Waals surface area (Å²) in [5, 5.41) is 0. The van der Waals surface area contributed by atoms with Gasteiger partial charge < -0.3 is 4.98 Å². The van der Waals surface area contributed by atoms with E-state index in [1.807, 2.05) is 46.2 Å². The second-order valence-corrected chi connectivity index (χ2v) is 1.39. The summed E-state index contributed by atoms with van der Waals surface area (Å²) >= 11 is 0. The lowest BCUT2D eigenvalue weighted by Gasteiger charge is -1.65. The Morgan fingerprint density at radius 1 is 1.10 bits per heavy atom. The Hall–Kier alpha value is -0.720. The number of hydrogen-bond donors (Lipinski definition) is 1. The van der Waals surface area contributed by atoms with E-state index in [1.165, 1.54) is 5.56 Å². The second-order valence-electron chi connectivity index (χ2n) is 1.39. The first-order valence-electron chi connectivity index (χ1n) is 3.99. The number of aryl methyl sites for hydroxylation is 1. The van der Waals surface area contributed by atoms with Crippen molar-refractivity contribution in [3.63, 3.8) is 0 Å². The highest BCUT2D eigenvalue weighted by atomic mass is 14.6. The van der Waals surface area contributed by atoms with Crippen LogP contribution < -0.4 is 0 Å². The van der Waals surface area contributed by atoms with Gasteiger partial charge in [-0.1, -0.05) is 27.7 Å². The summed E-state index contributed by atoms with van der Waals surface area (Å²) in [5.74, 6) is 0. The van der Waals surface area contributed by atoms with Gasteiger partial charge in [0.15, 0.2) is 0 Å². The summed E-state index contributed by atoms with van der Waals surface area (Å²) in [7, 11) is 0. The summed E-state index contributed by atoms with van der Waals surface area (Å²) in [6.07, 6.45) is 3.87. The molecule has 0 fully saturated rings. The maximum atomic E-state index is 2.93. The molecule has 0 radical (unpaired) electrons. The minimum Gasteiger partial charge on any atom is -0.367 e. The third kappa shape index (κ3) is 7.28. The van der Waals surface area contributed by atoms with Crippen LogP contribution in [0, 0.1) is 6.92 Å². The molecule has 1 rings (SSSR count). The highest BCUT2D eigenvalue weighted by Gasteiger charge is 1.73. The average Bonchev–Trinajstić information content (AvgIpc) is 2.48. The van der Waals surface area contributed by atoms with Crippen LogP contribution in [0.3, 0.4) is 0 Å². The summed E-state index contributed by atoms with van der Waals surface area (Å²) < 4.78 is 0. The number of rotatable bonds is 0. The number of nitrogens with one attached hydrogen (secondary N) is 1. The van der Waals surface area contributed by atoms with Crippen molar-refractivity contribution in [2.45, 2.75) is 34.6 Å². The molecule has 0 spiro atoms. The molecule has 1 heteroatoms. The minimum atomic E-state index is 1.29. The average molecular weight is 141 g/mol. The van der Waals surface area contributed by atoms with Gasteiger partial charge in [-0.05, 0) is 18.6 Å². The highest BCUT2D eigenvalue weighted by Crippen LogP contribution is 1.88. The Balaban J connectivity index is 0. The van der Waals surface area contributed by atoms with E-state index in [0.717, 1.165) is 0 Å². The van der Waals surface area contributed by atoms with E-state index in [-0.39, 0.29) is 0 Å². The molecular formula is C9H19N. The van der Waals surface area contributed by atoms with E-state index in [1.54, 1.807) is 0 Å². The maximum absolute atomic E-state index is 2.93. The number of H-pyrrole nitrogens is 1. The van der Waals surface area contributed by atoms with Crippen LogP contribution in [0.5, 0.6) is 0 Å². The van der Waals surface area contributed by atoms with Crippen LogP contribution in [0.2, 0.25) is 0 Å². The van der Waals surface area contributed by atoms with E-state index >= 15 is 0 Å². The molecule has 1 N–H and O–H groups in total. The van der Waals surface area contributed by atoms with Gasteiger partial charge in [-0.2, -0.15) is 0 Å². The van der Waals surface area contributed by atoms with E-state index < -0.39 is 0 Å². The van der Waals surface area contributed by atoms with Crippen molar-refractivity contribution in [3.8, 4) is 0 Å². The van der Waals surface area contributed by atoms with Gasteiger partial charge in [0, 0.05) is 12.4 Å². The van der Waals surface area contributed by atoms with Gasteiger partial charge in [0.2, 0.25) is 0 Å². The maximum Gasteiger partial charge on any atom is 0.00345 e. The first-order chi connectivity index (χ1) is 4.89. The summed E-state index contributed by atoms with van der Waals surface area (Å²) in [4.78, 5) is 2.93. The molecule has 0 aliphatic heterocycles. The van der Waals surface area contributed by atoms with Gasteiger partial charge in [-0.3, -0.25) is 0 Å². The van der Waals surface area contributed by atoms with Crippen molar-refractivity contribution >= 4 is 0 Å². The molecule has 1 aromatic heterocycles. The lowest BCUT2D eigenvalue weighted by atomic mass is 10.4. The van der Waals surface area contributed by atoms with Crippen LogP contribution >= 0.6 is 0 Å². The van der Waals surface area contributed by atoms with Gasteiger partial charge in [-0.25, -0.2) is 0 Å². The van der Waals surface area contributed by atoms with Crippen molar-refractivity contribution in [2.24, 2.45) is 0 Å². The van der Waals surface area contributed by atoms with Crippen molar-refractivity contribution < 1.29 is 0 Å². The Labute approximate surface area is 64.5 Å². The molecule has 0 bridgehead atoms. The van der Waals surface area contributed by atoms with Gasteiger partial charge >= 0.3 is 0 Å². The fourth-order valence-electron chi connectivity index (χ4n) is 0.407. The number of hydrogen-bond acceptors (Lipinski definition) is 0. The summed E-state index contributed by atoms with van der Waals surface area (Å²) in [5.41, 5.74) is 1.29. The van der Waals surface area contributed by atoms with E-state index in [2.05, 4.69) is 11.9 Å². The van der Waals surface area contributed by atoms with Gasteiger partial charge in [0.1, 0.15) is 0 Å². The summed E-state index contributed by atoms with van der Waals surface area (Å²) in [6, 6.07) is 2.03. The van der Waals surface area contributed by atoms with Crippen LogP contribution in [0.4, 0.5) is 0 Å². The molecule has 1 nitrogen and oxygen atoms in total. The summed E-state index contributed by atoms with van der Waals surface area (Å²) in [6.45, 7) is 10.1. The Morgan fingerprint density at radius 3 is 1.70 bits per heavy atom. The Kier molecular flexibility index (Phi) is 13.4. The topological polar surface area (TPSA) is 15.8 Å². The van der Waals surface area contributed by atoms with Crippen molar-refractivity contribution in [1.29, 1.82) is 0 Å². The Morgan fingerprint density at radius 2 is 1.60 bits per heavy atom. The molecule has 0 atom stereocenters. The normalized spacial score (nSPS) is 6.50. The number of aromatic nitrogens is 1. The molecule has 0 amide bonds. The third-order valence-corrected chi connectivity index (χ3v) is 0.753. The van der Waals surface area contributed by atoms with Crippen LogP contribution in [0.1, 0.15) is 33.3 Å². The van der Waals surface area contributed by atoms with Gasteiger partial charge in [0.25, 0.3) is 0 Å². The molecule has 0 aromatic carbocycles. The molecular weight excluding hydrogens is 122 g/mol. The molecule has 1 aromatic rings. The molecule has 0 unspecified atom stereocenters. The first kappa shape index (κ1) is 12.0. The SMILES string of the molecule is CC.CC.Cc1cc[nH]c1. The third-order valence-electron chi connectivity index (χ3n) is 0.753. The molecule has 0 aliphatic carbocycles. The van der Waals surface area contributed by atoms with Crippen LogP contribution in [0.25, 0.3) is 0 Å². The fraction of sp³-hybridized carbons (Fsp3) is 0.556. The van der Waals surface area contributed by atoms with E-state index in [4.69, 9.17) is 0 Å². The van der Waals surface area contributed by atoms with Crippen molar-refractivity contribution in [3.05, 3.63) is 24.0 Å². The van der Waals surface area contributed by atoms with Crippen molar-refractivity contribution in [2.75, 3.05) is 0 Å². The predicted octanol–water partition coefficient (Wildman–Crippen LogP) is 3.38. The number of aromatic amines is 1. The zero-order valence-corrected chi connectivity index (χ0v) is 7.73. The standard InChI is InChI=1S/C5H7N.2C2H6/c1-5-2-3-6-4-5;2*1-2/h2-4,6H,1H3;2*1-2H3. The smallest absolute Gasteiger partial charge is 0.00345 e. The largest absolute Gasteiger partial charge is 0.367 e. The van der Waals surface area contributed by atoms with Crippen LogP contribution in [-0.2, 0) is 0 Å². The Bertz CT molecular complexity index is 108. The molecule has 0 saturated heterocycles. The van der Waals surface area contributed by atoms with E-state index in [9.17, 15) is 0 Å². The zero-order valence-electron chi connectivity index (χ0n) is 7.73. The second kappa shape index (κ2) is 11.1. The highest BCUT2D eigenvalue weighted by molar-refractivity contribution is 5.03. The van der Waals surface area contributed by atoms with Crippen LogP contribution in [0.15, 0.2) is 18.5 Å². The van der Waals surface area contributed by atoms with Crippen molar-refractivity contribution in [1.82, 2.24) is 4.98 Å². The zero-order chi connectivity index (χ0) is 8.41. The predicted molar refractivity (Wildman–Crippen MR) is 48.2 cm³/mol. The van der Waals surface area contributed by atoms with E-state index in [0.29, 0.717) is 0 Å². The van der Waals surface area contributed by atoms with Gasteiger partial charge in [-0.15, -0.1) is 0 Å². The fourth-order valence-corrected chi connectivity index (χ4v) is 0.407. The molecule has 1 heterocycles. The quantitative estimate of drug-likeness (QED) is 0.570. The first-order valence-corrected chi connectivity index (χ1v) is 3.99.